The molecule has 0 bridgehead atoms. The van der Waals surface area contributed by atoms with Gasteiger partial charge in [-0.3, -0.25) is 14.0 Å². The molecule has 0 aliphatic heterocycles. The predicted octanol–water partition coefficient (Wildman–Crippen LogP) is 3.23. The van der Waals surface area contributed by atoms with E-state index in [4.69, 9.17) is 0 Å². The maximum atomic E-state index is 13.0. The van der Waals surface area contributed by atoms with Crippen molar-refractivity contribution >= 4 is 11.6 Å². The highest BCUT2D eigenvalue weighted by Crippen LogP contribution is 2.23. The zero-order valence-corrected chi connectivity index (χ0v) is 15.7. The summed E-state index contributed by atoms with van der Waals surface area (Å²) in [4.78, 5) is 30.0. The fourth-order valence-electron chi connectivity index (χ4n) is 3.34. The molecule has 4 aromatic rings. The molecule has 29 heavy (non-hydrogen) atoms. The van der Waals surface area contributed by atoms with Gasteiger partial charge in [-0.15, -0.1) is 0 Å². The van der Waals surface area contributed by atoms with Crippen LogP contribution >= 0.6 is 0 Å². The Kier molecular flexibility index (Phi) is 4.83. The Morgan fingerprint density at radius 1 is 0.966 bits per heavy atom. The van der Waals surface area contributed by atoms with E-state index in [2.05, 4.69) is 10.3 Å². The Balaban J connectivity index is 1.79. The normalized spacial score (nSPS) is 11.0. The van der Waals surface area contributed by atoms with Gasteiger partial charge in [0.25, 0.3) is 11.5 Å². The molecule has 1 amide bonds. The molecule has 0 atom stereocenters. The summed E-state index contributed by atoms with van der Waals surface area (Å²) >= 11 is 0. The molecule has 0 fully saturated rings. The van der Waals surface area contributed by atoms with Gasteiger partial charge in [-0.05, 0) is 29.7 Å². The molecule has 0 aliphatic carbocycles. The number of carbonyl (C=O) groups excluding carboxylic acids is 1. The standard InChI is InChI=1S/C23H19N3O3/c1-15-9-8-14-26-20(15)25-22(28)18(23(26)29)21(27)24-19(16-10-4-2-5-11-16)17-12-6-3-7-13-17/h2-14,19,28H,1H3,(H,24,27). The summed E-state index contributed by atoms with van der Waals surface area (Å²) in [5.74, 6) is -1.27. The van der Waals surface area contributed by atoms with Gasteiger partial charge in [0.1, 0.15) is 5.65 Å². The van der Waals surface area contributed by atoms with E-state index in [0.717, 1.165) is 16.7 Å². The lowest BCUT2D eigenvalue weighted by Crippen LogP contribution is -2.35. The van der Waals surface area contributed by atoms with E-state index in [1.54, 1.807) is 19.1 Å². The summed E-state index contributed by atoms with van der Waals surface area (Å²) in [5, 5.41) is 13.2. The second kappa shape index (κ2) is 7.59. The topological polar surface area (TPSA) is 83.7 Å². The van der Waals surface area contributed by atoms with Crippen LogP contribution in [0.2, 0.25) is 0 Å². The zero-order chi connectivity index (χ0) is 20.4. The van der Waals surface area contributed by atoms with Gasteiger partial charge in [0.15, 0.2) is 5.56 Å². The van der Waals surface area contributed by atoms with Gasteiger partial charge in [-0.25, -0.2) is 0 Å². The molecule has 2 aromatic heterocycles. The molecule has 0 radical (unpaired) electrons. The van der Waals surface area contributed by atoms with Crippen LogP contribution in [-0.4, -0.2) is 20.4 Å². The first kappa shape index (κ1) is 18.4. The molecule has 0 spiro atoms. The number of hydrogen-bond donors (Lipinski definition) is 2. The van der Waals surface area contributed by atoms with E-state index in [1.165, 1.54) is 10.6 Å². The number of rotatable bonds is 4. The quantitative estimate of drug-likeness (QED) is 0.565. The smallest absolute Gasteiger partial charge is 0.274 e. The molecule has 144 valence electrons. The first-order valence-corrected chi connectivity index (χ1v) is 9.18. The molecule has 6 nitrogen and oxygen atoms in total. The fourth-order valence-corrected chi connectivity index (χ4v) is 3.34. The Morgan fingerprint density at radius 2 is 1.55 bits per heavy atom. The molecular weight excluding hydrogens is 366 g/mol. The summed E-state index contributed by atoms with van der Waals surface area (Å²) in [7, 11) is 0. The fraction of sp³-hybridized carbons (Fsp3) is 0.0870. The molecule has 2 N–H and O–H groups in total. The Hall–Kier alpha value is -3.93. The summed E-state index contributed by atoms with van der Waals surface area (Å²) in [6, 6.07) is 21.9. The van der Waals surface area contributed by atoms with Crippen LogP contribution in [0, 0.1) is 6.92 Å². The van der Waals surface area contributed by atoms with Crippen molar-refractivity contribution in [2.45, 2.75) is 13.0 Å². The van der Waals surface area contributed by atoms with Crippen LogP contribution in [0.4, 0.5) is 0 Å². The van der Waals surface area contributed by atoms with Crippen molar-refractivity contribution in [3.63, 3.8) is 0 Å². The number of benzene rings is 2. The highest BCUT2D eigenvalue weighted by molar-refractivity contribution is 5.96. The first-order valence-electron chi connectivity index (χ1n) is 9.18. The van der Waals surface area contributed by atoms with Crippen molar-refractivity contribution in [3.05, 3.63) is 112 Å². The highest BCUT2D eigenvalue weighted by Gasteiger charge is 2.24. The maximum Gasteiger partial charge on any atom is 0.274 e. The molecule has 0 unspecified atom stereocenters. The first-order chi connectivity index (χ1) is 14.1. The minimum atomic E-state index is -0.686. The third-order valence-corrected chi connectivity index (χ3v) is 4.80. The Bertz CT molecular complexity index is 1200. The van der Waals surface area contributed by atoms with Crippen molar-refractivity contribution < 1.29 is 9.90 Å². The van der Waals surface area contributed by atoms with Gasteiger partial charge in [-0.1, -0.05) is 66.7 Å². The minimum Gasteiger partial charge on any atom is -0.493 e. The van der Waals surface area contributed by atoms with Gasteiger partial charge in [0.2, 0.25) is 5.88 Å². The van der Waals surface area contributed by atoms with Crippen molar-refractivity contribution in [1.29, 1.82) is 0 Å². The Labute approximate surface area is 167 Å². The van der Waals surface area contributed by atoms with Crippen LogP contribution in [-0.2, 0) is 0 Å². The maximum absolute atomic E-state index is 13.0. The van der Waals surface area contributed by atoms with Crippen molar-refractivity contribution in [2.24, 2.45) is 0 Å². The Morgan fingerprint density at radius 3 is 2.14 bits per heavy atom. The van der Waals surface area contributed by atoms with Gasteiger partial charge in [0, 0.05) is 6.20 Å². The number of aromatic hydroxyl groups is 1. The number of amides is 1. The van der Waals surface area contributed by atoms with Crippen molar-refractivity contribution in [3.8, 4) is 5.88 Å². The van der Waals surface area contributed by atoms with Crippen LogP contribution < -0.4 is 10.9 Å². The van der Waals surface area contributed by atoms with Gasteiger partial charge in [0.05, 0.1) is 6.04 Å². The van der Waals surface area contributed by atoms with Crippen LogP contribution in [0.15, 0.2) is 83.8 Å². The van der Waals surface area contributed by atoms with Crippen molar-refractivity contribution in [2.75, 3.05) is 0 Å². The monoisotopic (exact) mass is 385 g/mol. The number of carbonyl (C=O) groups is 1. The molecule has 4 rings (SSSR count). The van der Waals surface area contributed by atoms with E-state index in [1.807, 2.05) is 60.7 Å². The second-order valence-corrected chi connectivity index (χ2v) is 6.73. The molecule has 6 heteroatoms. The number of nitrogens with zero attached hydrogens (tertiary/aromatic N) is 2. The van der Waals surface area contributed by atoms with Crippen LogP contribution in [0.5, 0.6) is 5.88 Å². The number of aromatic nitrogens is 2. The average Bonchev–Trinajstić information content (AvgIpc) is 2.74. The van der Waals surface area contributed by atoms with Gasteiger partial charge in [-0.2, -0.15) is 4.98 Å². The van der Waals surface area contributed by atoms with Gasteiger partial charge < -0.3 is 10.4 Å². The molecule has 0 saturated heterocycles. The van der Waals surface area contributed by atoms with Crippen LogP contribution in [0.25, 0.3) is 5.65 Å². The second-order valence-electron chi connectivity index (χ2n) is 6.73. The van der Waals surface area contributed by atoms with Crippen LogP contribution in [0.3, 0.4) is 0 Å². The summed E-state index contributed by atoms with van der Waals surface area (Å²) < 4.78 is 1.27. The van der Waals surface area contributed by atoms with Gasteiger partial charge >= 0.3 is 0 Å². The SMILES string of the molecule is Cc1cccn2c(=O)c(C(=O)NC(c3ccccc3)c3ccccc3)c(O)nc12. The summed E-state index contributed by atoms with van der Waals surface area (Å²) in [6.07, 6.45) is 1.53. The largest absolute Gasteiger partial charge is 0.493 e. The third-order valence-electron chi connectivity index (χ3n) is 4.80. The van der Waals surface area contributed by atoms with E-state index < -0.39 is 23.4 Å². The number of nitrogens with one attached hydrogen (secondary N) is 1. The minimum absolute atomic E-state index is 0.314. The predicted molar refractivity (Wildman–Crippen MR) is 110 cm³/mol. The van der Waals surface area contributed by atoms with E-state index in [0.29, 0.717) is 5.65 Å². The molecule has 2 heterocycles. The highest BCUT2D eigenvalue weighted by atomic mass is 16.3. The third kappa shape index (κ3) is 3.48. The lowest BCUT2D eigenvalue weighted by atomic mass is 9.98. The molecule has 2 aromatic carbocycles. The summed E-state index contributed by atoms with van der Waals surface area (Å²) in [5.41, 5.74) is 1.75. The number of hydrogen-bond acceptors (Lipinski definition) is 4. The van der Waals surface area contributed by atoms with E-state index >= 15 is 0 Å². The summed E-state index contributed by atoms with van der Waals surface area (Å²) in [6.45, 7) is 1.78. The lowest BCUT2D eigenvalue weighted by molar-refractivity contribution is 0.0937. The molecule has 0 saturated carbocycles. The number of pyridine rings is 1. The van der Waals surface area contributed by atoms with E-state index in [9.17, 15) is 14.7 Å². The van der Waals surface area contributed by atoms with Crippen molar-refractivity contribution in [1.82, 2.24) is 14.7 Å². The lowest BCUT2D eigenvalue weighted by Gasteiger charge is -2.20. The molecular formula is C23H19N3O3. The van der Waals surface area contributed by atoms with Crippen LogP contribution in [0.1, 0.15) is 33.1 Å². The molecule has 0 aliphatic rings. The number of aryl methyl sites for hydroxylation is 1. The van der Waals surface area contributed by atoms with E-state index in [-0.39, 0.29) is 5.56 Å². The number of fused-ring (bicyclic) bond motifs is 1. The average molecular weight is 385 g/mol. The zero-order valence-electron chi connectivity index (χ0n) is 15.7.